The summed E-state index contributed by atoms with van der Waals surface area (Å²) >= 11 is 0. The second kappa shape index (κ2) is 5.45. The molecule has 0 aromatic rings. The molecule has 2 rings (SSSR count). The first-order valence-corrected chi connectivity index (χ1v) is 6.42. The number of carboxylic acid groups (broad SMARTS) is 3. The second-order valence-corrected chi connectivity index (χ2v) is 5.24. The van der Waals surface area contributed by atoms with Gasteiger partial charge in [-0.2, -0.15) is 0 Å². The fraction of sp³-hybridized carbons (Fsp3) is 0.615. The molecule has 2 aliphatic rings. The molecule has 8 nitrogen and oxygen atoms in total. The van der Waals surface area contributed by atoms with Gasteiger partial charge in [0.1, 0.15) is 0 Å². The molecular formula is C13H16O8. The third-order valence-electron chi connectivity index (χ3n) is 3.70. The van der Waals surface area contributed by atoms with Gasteiger partial charge in [0, 0.05) is 0 Å². The molecule has 2 saturated heterocycles. The highest BCUT2D eigenvalue weighted by Crippen LogP contribution is 2.39. The Balaban J connectivity index is 2.49. The lowest BCUT2D eigenvalue weighted by atomic mass is 9.75. The minimum Gasteiger partial charge on any atom is -0.480 e. The molecular weight excluding hydrogens is 284 g/mol. The number of epoxide rings is 2. The molecule has 2 unspecified atom stereocenters. The van der Waals surface area contributed by atoms with Crippen molar-refractivity contribution in [1.82, 2.24) is 0 Å². The van der Waals surface area contributed by atoms with E-state index in [1.54, 1.807) is 6.92 Å². The average Bonchev–Trinajstić information content (AvgIpc) is 3.21. The maximum atomic E-state index is 11.5. The lowest BCUT2D eigenvalue weighted by Gasteiger charge is -2.25. The standard InChI is InChI=1S/C13H16O8/c1-6(2-7-4-20-7)9(3-8-5-21-8)13(10(14)15,11(16)17)12(18)19/h7-8H,2-5H2,1H3,(H,14,15)(H,16,17)(H,18,19)/b9-6-. The van der Waals surface area contributed by atoms with Gasteiger partial charge in [-0.25, -0.2) is 14.4 Å². The van der Waals surface area contributed by atoms with Crippen molar-refractivity contribution >= 4 is 17.9 Å². The van der Waals surface area contributed by atoms with Gasteiger partial charge in [-0.15, -0.1) is 0 Å². The molecule has 2 heterocycles. The van der Waals surface area contributed by atoms with E-state index in [2.05, 4.69) is 0 Å². The Morgan fingerprint density at radius 3 is 1.67 bits per heavy atom. The second-order valence-electron chi connectivity index (χ2n) is 5.24. The summed E-state index contributed by atoms with van der Waals surface area (Å²) in [4.78, 5) is 34.5. The highest BCUT2D eigenvalue weighted by atomic mass is 16.6. The van der Waals surface area contributed by atoms with Gasteiger partial charge in [0.05, 0.1) is 25.4 Å². The number of carboxylic acids is 3. The van der Waals surface area contributed by atoms with E-state index in [1.165, 1.54) is 0 Å². The Labute approximate surface area is 120 Å². The van der Waals surface area contributed by atoms with E-state index in [4.69, 9.17) is 9.47 Å². The van der Waals surface area contributed by atoms with Gasteiger partial charge >= 0.3 is 17.9 Å². The summed E-state index contributed by atoms with van der Waals surface area (Å²) in [6.45, 7) is 2.42. The predicted molar refractivity (Wildman–Crippen MR) is 66.8 cm³/mol. The van der Waals surface area contributed by atoms with Crippen LogP contribution in [-0.2, 0) is 23.9 Å². The first kappa shape index (κ1) is 15.5. The maximum Gasteiger partial charge on any atom is 0.337 e. The molecule has 116 valence electrons. The molecule has 0 aromatic heterocycles. The summed E-state index contributed by atoms with van der Waals surface area (Å²) in [6, 6.07) is 0. The van der Waals surface area contributed by atoms with Crippen LogP contribution >= 0.6 is 0 Å². The molecule has 2 atom stereocenters. The van der Waals surface area contributed by atoms with Gasteiger partial charge < -0.3 is 24.8 Å². The van der Waals surface area contributed by atoms with Gasteiger partial charge in [-0.05, 0) is 25.3 Å². The van der Waals surface area contributed by atoms with Crippen molar-refractivity contribution in [3.8, 4) is 0 Å². The van der Waals surface area contributed by atoms with Crippen LogP contribution in [0.2, 0.25) is 0 Å². The number of hydrogen-bond donors (Lipinski definition) is 3. The first-order valence-electron chi connectivity index (χ1n) is 6.42. The summed E-state index contributed by atoms with van der Waals surface area (Å²) in [5.41, 5.74) is -2.70. The third-order valence-corrected chi connectivity index (χ3v) is 3.70. The van der Waals surface area contributed by atoms with Crippen LogP contribution in [0, 0.1) is 5.41 Å². The Morgan fingerprint density at radius 2 is 1.33 bits per heavy atom. The van der Waals surface area contributed by atoms with Crippen LogP contribution in [0.15, 0.2) is 11.1 Å². The minimum absolute atomic E-state index is 0.0244. The molecule has 2 fully saturated rings. The van der Waals surface area contributed by atoms with Crippen molar-refractivity contribution in [3.63, 3.8) is 0 Å². The van der Waals surface area contributed by atoms with Crippen molar-refractivity contribution in [3.05, 3.63) is 11.1 Å². The lowest BCUT2D eigenvalue weighted by molar-refractivity contribution is -0.172. The Hall–Kier alpha value is -1.93. The molecule has 0 aliphatic carbocycles. The fourth-order valence-corrected chi connectivity index (χ4v) is 2.37. The highest BCUT2D eigenvalue weighted by molar-refractivity contribution is 6.19. The number of carbonyl (C=O) groups is 3. The zero-order valence-corrected chi connectivity index (χ0v) is 11.4. The maximum absolute atomic E-state index is 11.5. The van der Waals surface area contributed by atoms with Crippen LogP contribution in [0.5, 0.6) is 0 Å². The molecule has 0 spiro atoms. The smallest absolute Gasteiger partial charge is 0.337 e. The molecule has 0 saturated carbocycles. The predicted octanol–water partition coefficient (Wildman–Crippen LogP) is 0.121. The van der Waals surface area contributed by atoms with E-state index in [0.717, 1.165) is 0 Å². The van der Waals surface area contributed by atoms with Crippen molar-refractivity contribution in [2.24, 2.45) is 5.41 Å². The van der Waals surface area contributed by atoms with E-state index < -0.39 is 23.3 Å². The third kappa shape index (κ3) is 2.91. The van der Waals surface area contributed by atoms with E-state index in [-0.39, 0.29) is 24.2 Å². The van der Waals surface area contributed by atoms with E-state index >= 15 is 0 Å². The monoisotopic (exact) mass is 300 g/mol. The molecule has 2 aliphatic heterocycles. The molecule has 8 heteroatoms. The summed E-state index contributed by atoms with van der Waals surface area (Å²) in [6.07, 6.45) is -0.136. The largest absolute Gasteiger partial charge is 0.480 e. The van der Waals surface area contributed by atoms with Gasteiger partial charge in [0.15, 0.2) is 0 Å². The highest BCUT2D eigenvalue weighted by Gasteiger charge is 2.59. The van der Waals surface area contributed by atoms with E-state index in [1.807, 2.05) is 0 Å². The topological polar surface area (TPSA) is 137 Å². The zero-order chi connectivity index (χ0) is 15.8. The van der Waals surface area contributed by atoms with Gasteiger partial charge in [-0.1, -0.05) is 5.57 Å². The summed E-state index contributed by atoms with van der Waals surface area (Å²) in [5, 5.41) is 27.9. The van der Waals surface area contributed by atoms with Crippen LogP contribution in [0.25, 0.3) is 0 Å². The van der Waals surface area contributed by atoms with Crippen LogP contribution in [0.3, 0.4) is 0 Å². The number of aliphatic carboxylic acids is 3. The van der Waals surface area contributed by atoms with E-state index in [0.29, 0.717) is 25.2 Å². The molecule has 0 aromatic carbocycles. The van der Waals surface area contributed by atoms with Gasteiger partial charge in [0.25, 0.3) is 5.41 Å². The molecule has 0 amide bonds. The van der Waals surface area contributed by atoms with Gasteiger partial charge in [-0.3, -0.25) is 0 Å². The van der Waals surface area contributed by atoms with Crippen LogP contribution < -0.4 is 0 Å². The minimum atomic E-state index is -2.98. The molecule has 21 heavy (non-hydrogen) atoms. The zero-order valence-electron chi connectivity index (χ0n) is 11.4. The van der Waals surface area contributed by atoms with Crippen LogP contribution in [0.4, 0.5) is 0 Å². The number of ether oxygens (including phenoxy) is 2. The van der Waals surface area contributed by atoms with Crippen molar-refractivity contribution in [1.29, 1.82) is 0 Å². The van der Waals surface area contributed by atoms with Crippen LogP contribution in [0.1, 0.15) is 19.8 Å². The lowest BCUT2D eigenvalue weighted by Crippen LogP contribution is -2.48. The average molecular weight is 300 g/mol. The van der Waals surface area contributed by atoms with E-state index in [9.17, 15) is 29.7 Å². The summed E-state index contributed by atoms with van der Waals surface area (Å²) in [7, 11) is 0. The number of rotatable bonds is 8. The summed E-state index contributed by atoms with van der Waals surface area (Å²) in [5.74, 6) is -5.72. The van der Waals surface area contributed by atoms with Crippen molar-refractivity contribution < 1.29 is 39.2 Å². The van der Waals surface area contributed by atoms with Crippen LogP contribution in [-0.4, -0.2) is 58.6 Å². The summed E-state index contributed by atoms with van der Waals surface area (Å²) < 4.78 is 10.0. The fourth-order valence-electron chi connectivity index (χ4n) is 2.37. The Kier molecular flexibility index (Phi) is 4.02. The van der Waals surface area contributed by atoms with Crippen molar-refractivity contribution in [2.75, 3.05) is 13.2 Å². The SMILES string of the molecule is C/C(CC1CO1)=C(\CC1CO1)C(C(=O)O)(C(=O)O)C(=O)O. The first-order chi connectivity index (χ1) is 9.80. The molecule has 3 N–H and O–H groups in total. The van der Waals surface area contributed by atoms with Crippen molar-refractivity contribution in [2.45, 2.75) is 32.0 Å². The number of hydrogen-bond acceptors (Lipinski definition) is 5. The van der Waals surface area contributed by atoms with Gasteiger partial charge in [0.2, 0.25) is 0 Å². The Morgan fingerprint density at radius 1 is 0.952 bits per heavy atom. The quantitative estimate of drug-likeness (QED) is 0.326. The molecule has 0 bridgehead atoms. The Bertz CT molecular complexity index is 476. The normalized spacial score (nSPS) is 25.0. The molecule has 0 radical (unpaired) electrons.